The summed E-state index contributed by atoms with van der Waals surface area (Å²) in [5, 5.41) is 0.685. The van der Waals surface area contributed by atoms with E-state index in [1.165, 1.54) is 18.2 Å². The molecule has 3 aliphatic heterocycles. The Bertz CT molecular complexity index is 3290. The van der Waals surface area contributed by atoms with Gasteiger partial charge in [0.2, 0.25) is 17.2 Å². The Hall–Kier alpha value is -3.01. The molecule has 536 valence electrons. The van der Waals surface area contributed by atoms with E-state index < -0.39 is 57.6 Å². The first-order chi connectivity index (χ1) is 45.3. The van der Waals surface area contributed by atoms with E-state index >= 15 is 0 Å². The maximum Gasteiger partial charge on any atom is 1.00 e. The van der Waals surface area contributed by atoms with Crippen molar-refractivity contribution in [3.8, 4) is 11.3 Å². The molecule has 0 aromatic heterocycles. The summed E-state index contributed by atoms with van der Waals surface area (Å²) in [7, 11) is -12.4. The summed E-state index contributed by atoms with van der Waals surface area (Å²) >= 11 is 0. The van der Waals surface area contributed by atoms with Crippen molar-refractivity contribution in [3.63, 3.8) is 0 Å². The van der Waals surface area contributed by atoms with Gasteiger partial charge in [0.1, 0.15) is 34.8 Å². The van der Waals surface area contributed by atoms with Gasteiger partial charge in [0, 0.05) is 79.3 Å². The van der Waals surface area contributed by atoms with E-state index in [1.807, 2.05) is 33.7 Å². The first kappa shape index (κ1) is 88.2. The standard InChI is InChI=1S/C64H97N3O25S3.2Na/c1-63(2,3)56-48-53(92-59-47-51(11-13-55(56)59)65(19-8-46-94(74,75)76)20-23-82-28-31-86-36-39-90-42-41-88-34-33-84-26-25-80-5)9-6-10-60-64(4,18-7-45-93(71,72)73)57-49-54(95(77,78)79)12-14-58(57)66(60)21-24-83-29-32-87-37-40-91-44-43-89-38-35-85-30-27-81-22-17-52(68)50-67-61(69)15-16-62(67)70;;/h6,9-14,47-49H,7-8,15-46,50H2,1-5H3,(H2-,71,72,73,74,75,76,77,78,79);;/q;2*+1/p-2. The number of benzene rings is 2. The smallest absolute Gasteiger partial charge is 0.748 e. The number of amides is 2. The molecule has 3 heterocycles. The van der Waals surface area contributed by atoms with Crippen LogP contribution in [0, 0.1) is 0 Å². The normalized spacial score (nSPS) is 16.1. The molecule has 5 rings (SSSR count). The Kier molecular flexibility index (Phi) is 42.3. The Balaban J connectivity index is 0.0000123. The molecule has 1 aromatic rings. The summed E-state index contributed by atoms with van der Waals surface area (Å²) in [6.07, 6.45) is 5.70. The maximum absolute atomic E-state index is 12.4. The van der Waals surface area contributed by atoms with Crippen molar-refractivity contribution in [2.75, 3.05) is 202 Å². The number of hydrogen-bond donors (Lipinski definition) is 0. The van der Waals surface area contributed by atoms with E-state index in [0.717, 1.165) is 16.0 Å². The number of methoxy groups -OCH3 is 1. The molecule has 1 aromatic carbocycles. The summed E-state index contributed by atoms with van der Waals surface area (Å²) in [5.74, 6) is -1.21. The average Bonchev–Trinajstić information content (AvgIpc) is 1.60. The number of hydrogen-bond acceptors (Lipinski definition) is 26. The van der Waals surface area contributed by atoms with Gasteiger partial charge in [-0.05, 0) is 78.8 Å². The van der Waals surface area contributed by atoms with Gasteiger partial charge in [-0.2, -0.15) is 0 Å². The molecule has 33 heteroatoms. The van der Waals surface area contributed by atoms with Gasteiger partial charge >= 0.3 is 59.1 Å². The molecular formula is C64H95N3Na2O25S3. The fraction of sp³-hybridized carbons (Fsp3) is 0.656. The number of rotatable bonds is 52. The molecule has 0 saturated carbocycles. The van der Waals surface area contributed by atoms with Crippen molar-refractivity contribution in [1.82, 2.24) is 9.48 Å². The minimum atomic E-state index is -4.93. The van der Waals surface area contributed by atoms with Gasteiger partial charge in [0.25, 0.3) is 0 Å². The number of carbonyl (C=O) groups is 3. The minimum Gasteiger partial charge on any atom is -0.748 e. The van der Waals surface area contributed by atoms with E-state index in [1.54, 1.807) is 32.3 Å². The molecule has 1 aliphatic carbocycles. The van der Waals surface area contributed by atoms with Crippen LogP contribution in [0.25, 0.3) is 17.4 Å². The average molecular weight is 1450 g/mol. The minimum absolute atomic E-state index is 0. The summed E-state index contributed by atoms with van der Waals surface area (Å²) < 4.78 is 183. The number of allylic oxidation sites excluding steroid dienone is 3. The largest absolute Gasteiger partial charge is 1.00 e. The second-order valence-corrected chi connectivity index (χ2v) is 27.8. The SMILES string of the molecule is COCCOCCOCCOCCOCCOCC[N+](CCCS(=O)(=O)[O-])=c1ccc2c(C(C)(C)C)cc(/C=C/C=C3/N(CCOCCOCCOCCOCCOCCOCCC(=O)CN4C(=O)CCC4=O)c4ccc(S(=O)(=O)[O-])cc4C3(C)CCCS(=O)(=O)[O-])oc-2c1.[Na+].[Na+]. The first-order valence-corrected chi connectivity index (χ1v) is 36.4. The van der Waals surface area contributed by atoms with Gasteiger partial charge in [-0.3, -0.25) is 19.3 Å². The molecule has 0 radical (unpaired) electrons. The van der Waals surface area contributed by atoms with Crippen LogP contribution in [0.15, 0.2) is 69.6 Å². The first-order valence-electron chi connectivity index (χ1n) is 31.8. The van der Waals surface area contributed by atoms with Crippen LogP contribution in [0.3, 0.4) is 0 Å². The topological polar surface area (TPSA) is 356 Å². The number of imide groups is 1. The van der Waals surface area contributed by atoms with Crippen molar-refractivity contribution in [2.45, 2.75) is 81.9 Å². The van der Waals surface area contributed by atoms with E-state index in [9.17, 15) is 53.3 Å². The van der Waals surface area contributed by atoms with E-state index in [-0.39, 0.29) is 188 Å². The molecule has 28 nitrogen and oxygen atoms in total. The number of nitrogens with zero attached hydrogens (tertiary/aromatic N) is 3. The number of Topliss-reactive ketones (excluding diaryl/α,β-unsaturated/α-hetero) is 1. The van der Waals surface area contributed by atoms with Crippen LogP contribution in [0.4, 0.5) is 5.69 Å². The fourth-order valence-electron chi connectivity index (χ4n) is 10.3. The molecule has 2 amide bonds. The van der Waals surface area contributed by atoms with Gasteiger partial charge < -0.3 is 79.8 Å². The van der Waals surface area contributed by atoms with Crippen LogP contribution < -0.4 is 73.9 Å². The van der Waals surface area contributed by atoms with Crippen LogP contribution in [-0.2, 0) is 112 Å². The fourth-order valence-corrected chi connectivity index (χ4v) is 11.8. The summed E-state index contributed by atoms with van der Waals surface area (Å²) in [5.41, 5.74) is 1.80. The Morgan fingerprint density at radius 2 is 1.07 bits per heavy atom. The van der Waals surface area contributed by atoms with E-state index in [4.69, 9.17) is 61.3 Å². The second-order valence-electron chi connectivity index (χ2n) is 23.4. The van der Waals surface area contributed by atoms with Crippen LogP contribution >= 0.6 is 0 Å². The van der Waals surface area contributed by atoms with Gasteiger partial charge in [0.15, 0.2) is 12.3 Å². The summed E-state index contributed by atoms with van der Waals surface area (Å²) in [4.78, 5) is 37.8. The van der Waals surface area contributed by atoms with Crippen LogP contribution in [-0.4, -0.2) is 258 Å². The Morgan fingerprint density at radius 3 is 1.56 bits per heavy atom. The third-order valence-electron chi connectivity index (χ3n) is 15.1. The third-order valence-corrected chi connectivity index (χ3v) is 17.5. The second kappa shape index (κ2) is 46.6. The van der Waals surface area contributed by atoms with Gasteiger partial charge in [-0.25, -0.2) is 29.8 Å². The number of carbonyl (C=O) groups excluding carboxylic acids is 3. The number of ether oxygens (including phenoxy) is 12. The van der Waals surface area contributed by atoms with Crippen LogP contribution in [0.5, 0.6) is 0 Å². The molecule has 4 aliphatic rings. The number of anilines is 1. The molecule has 0 N–H and O–H groups in total. The summed E-state index contributed by atoms with van der Waals surface area (Å²) in [6, 6.07) is 11.6. The quantitative estimate of drug-likeness (QED) is 0.0182. The van der Waals surface area contributed by atoms with Gasteiger partial charge in [-0.1, -0.05) is 26.8 Å². The van der Waals surface area contributed by atoms with Gasteiger partial charge in [-0.15, -0.1) is 0 Å². The molecule has 97 heavy (non-hydrogen) atoms. The predicted octanol–water partition coefficient (Wildman–Crippen LogP) is -2.76. The maximum atomic E-state index is 12.4. The Labute approximate surface area is 615 Å². The van der Waals surface area contributed by atoms with Crippen LogP contribution in [0.1, 0.15) is 83.1 Å². The van der Waals surface area contributed by atoms with Gasteiger partial charge in [0.05, 0.1) is 183 Å². The Morgan fingerprint density at radius 1 is 0.598 bits per heavy atom. The van der Waals surface area contributed by atoms with Crippen molar-refractivity contribution < 1.29 is 174 Å². The molecule has 1 fully saturated rings. The number of fused-ring (bicyclic) bond motifs is 2. The third kappa shape index (κ3) is 33.8. The number of ketones is 1. The number of likely N-dealkylation sites (tertiary alicyclic amines) is 1. The zero-order valence-electron chi connectivity index (χ0n) is 57.3. The predicted molar refractivity (Wildman–Crippen MR) is 345 cm³/mol. The molecule has 0 bridgehead atoms. The van der Waals surface area contributed by atoms with E-state index in [2.05, 4.69) is 20.8 Å². The molecule has 0 spiro atoms. The monoisotopic (exact) mass is 1450 g/mol. The van der Waals surface area contributed by atoms with Crippen LogP contribution in [0.2, 0.25) is 0 Å². The molecule has 1 saturated heterocycles. The molecule has 1 unspecified atom stereocenters. The van der Waals surface area contributed by atoms with Crippen molar-refractivity contribution in [1.29, 1.82) is 0 Å². The zero-order valence-corrected chi connectivity index (χ0v) is 63.7. The van der Waals surface area contributed by atoms with E-state index in [0.29, 0.717) is 139 Å². The van der Waals surface area contributed by atoms with Crippen molar-refractivity contribution in [3.05, 3.63) is 82.6 Å². The summed E-state index contributed by atoms with van der Waals surface area (Å²) in [6.45, 7) is 16.1. The molecule has 1 atom stereocenters. The zero-order chi connectivity index (χ0) is 69.2. The molecular weight excluding hydrogens is 1350 g/mol. The van der Waals surface area contributed by atoms with Crippen molar-refractivity contribution >= 4 is 59.7 Å². The van der Waals surface area contributed by atoms with Crippen molar-refractivity contribution in [2.24, 2.45) is 0 Å².